The molecule has 0 fully saturated rings. The Labute approximate surface area is 117 Å². The van der Waals surface area contributed by atoms with E-state index in [-0.39, 0.29) is 0 Å². The van der Waals surface area contributed by atoms with Crippen molar-refractivity contribution in [2.24, 2.45) is 0 Å². The van der Waals surface area contributed by atoms with Gasteiger partial charge in [0, 0.05) is 5.02 Å². The molecule has 0 amide bonds. The summed E-state index contributed by atoms with van der Waals surface area (Å²) >= 11 is 5.84. The van der Waals surface area contributed by atoms with E-state index in [1.165, 1.54) is 0 Å². The largest absolute Gasteiger partial charge is 0.198 e. The van der Waals surface area contributed by atoms with Gasteiger partial charge in [0.2, 0.25) is 0 Å². The Kier molecular flexibility index (Phi) is 4.18. The lowest BCUT2D eigenvalue weighted by Crippen LogP contribution is -2.08. The van der Waals surface area contributed by atoms with Crippen molar-refractivity contribution >= 4 is 11.6 Å². The van der Waals surface area contributed by atoms with Gasteiger partial charge in [0.05, 0.1) is 24.0 Å². The van der Waals surface area contributed by atoms with Gasteiger partial charge in [-0.1, -0.05) is 54.1 Å². The van der Waals surface area contributed by atoms with Crippen LogP contribution in [-0.2, 0) is 0 Å². The predicted molar refractivity (Wildman–Crippen MR) is 74.6 cm³/mol. The molecule has 0 aromatic heterocycles. The highest BCUT2D eigenvalue weighted by molar-refractivity contribution is 6.30. The fraction of sp³-hybridized carbons (Fsp3) is 0.125. The molecular formula is C16H11ClN2. The van der Waals surface area contributed by atoms with Crippen LogP contribution in [0.15, 0.2) is 54.6 Å². The van der Waals surface area contributed by atoms with Gasteiger partial charge in [0.1, 0.15) is 0 Å². The predicted octanol–water partition coefficient (Wildman–Crippen LogP) is 4.25. The molecule has 0 radical (unpaired) electrons. The number of rotatable bonds is 3. The van der Waals surface area contributed by atoms with Crippen molar-refractivity contribution < 1.29 is 0 Å². The maximum atomic E-state index is 9.38. The third-order valence-electron chi connectivity index (χ3n) is 3.00. The molecule has 2 nitrogen and oxygen atoms in total. The fourth-order valence-electron chi connectivity index (χ4n) is 2.01. The highest BCUT2D eigenvalue weighted by atomic mass is 35.5. The van der Waals surface area contributed by atoms with Gasteiger partial charge in [-0.15, -0.1) is 0 Å². The van der Waals surface area contributed by atoms with E-state index in [0.717, 1.165) is 11.1 Å². The van der Waals surface area contributed by atoms with Crippen molar-refractivity contribution in [3.05, 3.63) is 70.7 Å². The number of hydrogen-bond donors (Lipinski definition) is 0. The van der Waals surface area contributed by atoms with Gasteiger partial charge in [-0.3, -0.25) is 0 Å². The second-order valence-corrected chi connectivity index (χ2v) is 4.61. The zero-order chi connectivity index (χ0) is 13.7. The first-order valence-corrected chi connectivity index (χ1v) is 6.23. The summed E-state index contributed by atoms with van der Waals surface area (Å²) < 4.78 is 0. The molecule has 0 aliphatic carbocycles. The summed E-state index contributed by atoms with van der Waals surface area (Å²) in [6.45, 7) is 0. The summed E-state index contributed by atoms with van der Waals surface area (Å²) in [6.07, 6.45) is 0. The third-order valence-corrected chi connectivity index (χ3v) is 3.25. The van der Waals surface area contributed by atoms with Crippen LogP contribution in [0.1, 0.15) is 23.0 Å². The summed E-state index contributed by atoms with van der Waals surface area (Å²) in [6, 6.07) is 20.9. The lowest BCUT2D eigenvalue weighted by molar-refractivity contribution is 0.761. The van der Waals surface area contributed by atoms with Crippen molar-refractivity contribution in [1.29, 1.82) is 10.5 Å². The fourth-order valence-corrected chi connectivity index (χ4v) is 2.14. The smallest absolute Gasteiger partial charge is 0.0912 e. The SMILES string of the molecule is N#C[C@H](c1ccccc1)[C@@H](C#N)c1ccc(Cl)cc1. The first-order valence-electron chi connectivity index (χ1n) is 5.86. The Bertz CT molecular complexity index is 621. The second-order valence-electron chi connectivity index (χ2n) is 4.18. The zero-order valence-corrected chi connectivity index (χ0v) is 10.9. The molecule has 2 atom stereocenters. The van der Waals surface area contributed by atoms with E-state index < -0.39 is 11.8 Å². The van der Waals surface area contributed by atoms with Gasteiger partial charge in [0.15, 0.2) is 0 Å². The molecule has 0 unspecified atom stereocenters. The first kappa shape index (κ1) is 13.1. The van der Waals surface area contributed by atoms with E-state index in [0.29, 0.717) is 5.02 Å². The Balaban J connectivity index is 2.39. The minimum atomic E-state index is -0.496. The van der Waals surface area contributed by atoms with Crippen molar-refractivity contribution in [3.8, 4) is 12.1 Å². The van der Waals surface area contributed by atoms with Crippen LogP contribution in [0.3, 0.4) is 0 Å². The molecule has 0 spiro atoms. The van der Waals surface area contributed by atoms with E-state index >= 15 is 0 Å². The maximum Gasteiger partial charge on any atom is 0.0912 e. The zero-order valence-electron chi connectivity index (χ0n) is 10.1. The molecule has 0 aliphatic rings. The van der Waals surface area contributed by atoms with Gasteiger partial charge in [-0.25, -0.2) is 0 Å². The van der Waals surface area contributed by atoms with Gasteiger partial charge in [0.25, 0.3) is 0 Å². The topological polar surface area (TPSA) is 47.6 Å². The van der Waals surface area contributed by atoms with Crippen LogP contribution in [-0.4, -0.2) is 0 Å². The molecule has 0 heterocycles. The Morgan fingerprint density at radius 1 is 0.737 bits per heavy atom. The Morgan fingerprint density at radius 2 is 1.21 bits per heavy atom. The number of benzene rings is 2. The van der Waals surface area contributed by atoms with Gasteiger partial charge >= 0.3 is 0 Å². The molecule has 0 saturated heterocycles. The van der Waals surface area contributed by atoms with E-state index in [4.69, 9.17) is 11.6 Å². The minimum Gasteiger partial charge on any atom is -0.198 e. The second kappa shape index (κ2) is 6.05. The number of hydrogen-bond acceptors (Lipinski definition) is 2. The maximum absolute atomic E-state index is 9.38. The lowest BCUT2D eigenvalue weighted by Gasteiger charge is -2.16. The molecule has 0 saturated carbocycles. The molecule has 0 bridgehead atoms. The van der Waals surface area contributed by atoms with E-state index in [9.17, 15) is 10.5 Å². The average molecular weight is 267 g/mol. The van der Waals surface area contributed by atoms with Gasteiger partial charge < -0.3 is 0 Å². The van der Waals surface area contributed by atoms with Crippen LogP contribution >= 0.6 is 11.6 Å². The summed E-state index contributed by atoms with van der Waals surface area (Å²) in [5.74, 6) is -0.975. The molecule has 3 heteroatoms. The summed E-state index contributed by atoms with van der Waals surface area (Å²) in [5.41, 5.74) is 1.66. The van der Waals surface area contributed by atoms with E-state index in [1.54, 1.807) is 24.3 Å². The normalized spacial score (nSPS) is 13.0. The molecule has 92 valence electrons. The van der Waals surface area contributed by atoms with Crippen LogP contribution in [0.4, 0.5) is 0 Å². The number of halogens is 1. The molecule has 0 N–H and O–H groups in total. The average Bonchev–Trinajstić information content (AvgIpc) is 2.47. The van der Waals surface area contributed by atoms with Crippen LogP contribution in [0.2, 0.25) is 5.02 Å². The summed E-state index contributed by atoms with van der Waals surface area (Å²) in [5, 5.41) is 19.4. The first-order chi connectivity index (χ1) is 9.26. The highest BCUT2D eigenvalue weighted by Crippen LogP contribution is 2.32. The van der Waals surface area contributed by atoms with E-state index in [2.05, 4.69) is 12.1 Å². The van der Waals surface area contributed by atoms with Crippen LogP contribution in [0.5, 0.6) is 0 Å². The molecule has 2 aromatic carbocycles. The van der Waals surface area contributed by atoms with E-state index in [1.807, 2.05) is 30.3 Å². The quantitative estimate of drug-likeness (QED) is 0.833. The molecule has 19 heavy (non-hydrogen) atoms. The number of nitriles is 2. The minimum absolute atomic E-state index is 0.479. The van der Waals surface area contributed by atoms with Crippen molar-refractivity contribution in [1.82, 2.24) is 0 Å². The highest BCUT2D eigenvalue weighted by Gasteiger charge is 2.24. The van der Waals surface area contributed by atoms with Gasteiger partial charge in [-0.2, -0.15) is 10.5 Å². The molecular weight excluding hydrogens is 256 g/mol. The molecule has 0 aliphatic heterocycles. The van der Waals surface area contributed by atoms with Crippen LogP contribution in [0, 0.1) is 22.7 Å². The summed E-state index contributed by atoms with van der Waals surface area (Å²) in [4.78, 5) is 0. The van der Waals surface area contributed by atoms with Crippen LogP contribution in [0.25, 0.3) is 0 Å². The van der Waals surface area contributed by atoms with Crippen molar-refractivity contribution in [3.63, 3.8) is 0 Å². The summed E-state index contributed by atoms with van der Waals surface area (Å²) in [7, 11) is 0. The molecule has 2 aromatic rings. The molecule has 2 rings (SSSR count). The monoisotopic (exact) mass is 266 g/mol. The van der Waals surface area contributed by atoms with Gasteiger partial charge in [-0.05, 0) is 23.3 Å². The number of nitrogens with zero attached hydrogens (tertiary/aromatic N) is 2. The standard InChI is InChI=1S/C16H11ClN2/c17-14-8-6-13(7-9-14)16(11-19)15(10-18)12-4-2-1-3-5-12/h1-9,15-16H/t15-,16+/m1/s1. The van der Waals surface area contributed by atoms with Crippen molar-refractivity contribution in [2.75, 3.05) is 0 Å². The lowest BCUT2D eigenvalue weighted by atomic mass is 9.83. The Morgan fingerprint density at radius 3 is 1.68 bits per heavy atom. The third kappa shape index (κ3) is 2.94. The van der Waals surface area contributed by atoms with Crippen molar-refractivity contribution in [2.45, 2.75) is 11.8 Å². The van der Waals surface area contributed by atoms with Crippen LogP contribution < -0.4 is 0 Å². The Hall–Kier alpha value is -2.29.